The van der Waals surface area contributed by atoms with Crippen LogP contribution in [-0.2, 0) is 9.53 Å². The molecule has 0 aliphatic carbocycles. The highest BCUT2D eigenvalue weighted by atomic mass is 79.9. The zero-order valence-corrected chi connectivity index (χ0v) is 7.72. The van der Waals surface area contributed by atoms with E-state index in [0.717, 1.165) is 6.42 Å². The van der Waals surface area contributed by atoms with E-state index in [-0.39, 0.29) is 5.01 Å². The van der Waals surface area contributed by atoms with Crippen molar-refractivity contribution in [2.75, 3.05) is 0 Å². The molecule has 0 rings (SSSR count). The van der Waals surface area contributed by atoms with Crippen molar-refractivity contribution in [2.45, 2.75) is 31.4 Å². The van der Waals surface area contributed by atoms with Crippen LogP contribution in [0.25, 0.3) is 0 Å². The Morgan fingerprint density at radius 2 is 2.30 bits per heavy atom. The van der Waals surface area contributed by atoms with Crippen molar-refractivity contribution in [3.8, 4) is 0 Å². The van der Waals surface area contributed by atoms with Gasteiger partial charge in [0.15, 0.2) is 0 Å². The molecule has 0 aliphatic rings. The van der Waals surface area contributed by atoms with Crippen LogP contribution in [-0.4, -0.2) is 17.0 Å². The summed E-state index contributed by atoms with van der Waals surface area (Å²) in [7, 11) is 0. The number of hydrogen-bond donors (Lipinski definition) is 1. The molecule has 0 aliphatic heterocycles. The minimum absolute atomic E-state index is 0.0741. The number of rotatable bonds is 4. The molecule has 3 nitrogen and oxygen atoms in total. The lowest BCUT2D eigenvalue weighted by molar-refractivity contribution is -0.129. The summed E-state index contributed by atoms with van der Waals surface area (Å²) < 4.78 is 5.10. The number of primary amides is 1. The molecule has 60 valence electrons. The molecular formula is C6H12BrNO2. The van der Waals surface area contributed by atoms with Crippen molar-refractivity contribution in [2.24, 2.45) is 5.73 Å². The van der Waals surface area contributed by atoms with E-state index in [1.807, 2.05) is 6.92 Å². The first-order chi connectivity index (χ1) is 4.57. The smallest absolute Gasteiger partial charge is 0.246 e. The Morgan fingerprint density at radius 1 is 1.80 bits per heavy atom. The lowest BCUT2D eigenvalue weighted by atomic mass is 10.4. The van der Waals surface area contributed by atoms with E-state index in [4.69, 9.17) is 10.5 Å². The van der Waals surface area contributed by atoms with Crippen LogP contribution < -0.4 is 5.73 Å². The fourth-order valence-electron chi connectivity index (χ4n) is 0.385. The van der Waals surface area contributed by atoms with Crippen molar-refractivity contribution in [3.63, 3.8) is 0 Å². The molecule has 1 amide bonds. The van der Waals surface area contributed by atoms with Crippen molar-refractivity contribution >= 4 is 21.8 Å². The number of amides is 1. The van der Waals surface area contributed by atoms with E-state index in [1.165, 1.54) is 0 Å². The first kappa shape index (κ1) is 9.91. The second kappa shape index (κ2) is 4.68. The topological polar surface area (TPSA) is 52.3 Å². The van der Waals surface area contributed by atoms with Gasteiger partial charge >= 0.3 is 0 Å². The average Bonchev–Trinajstić information content (AvgIpc) is 1.87. The van der Waals surface area contributed by atoms with Crippen molar-refractivity contribution in [3.05, 3.63) is 0 Å². The van der Waals surface area contributed by atoms with Gasteiger partial charge in [0.05, 0.1) is 0 Å². The molecule has 10 heavy (non-hydrogen) atoms. The molecule has 4 heteroatoms. The molecule has 0 aromatic heterocycles. The quantitative estimate of drug-likeness (QED) is 0.704. The number of ether oxygens (including phenoxy) is 1. The monoisotopic (exact) mass is 209 g/mol. The maximum absolute atomic E-state index is 10.4. The first-order valence-electron chi connectivity index (χ1n) is 3.16. The van der Waals surface area contributed by atoms with Gasteiger partial charge in [-0.2, -0.15) is 0 Å². The highest BCUT2D eigenvalue weighted by molar-refractivity contribution is 9.09. The van der Waals surface area contributed by atoms with E-state index in [1.54, 1.807) is 6.92 Å². The molecule has 0 aromatic carbocycles. The van der Waals surface area contributed by atoms with Gasteiger partial charge in [0, 0.05) is 0 Å². The van der Waals surface area contributed by atoms with Gasteiger partial charge in [-0.3, -0.25) is 4.79 Å². The Bertz CT molecular complexity index is 118. The number of nitrogens with two attached hydrogens (primary N) is 1. The van der Waals surface area contributed by atoms with E-state index in [9.17, 15) is 4.79 Å². The van der Waals surface area contributed by atoms with Gasteiger partial charge in [-0.15, -0.1) is 0 Å². The van der Waals surface area contributed by atoms with Crippen LogP contribution in [0.2, 0.25) is 0 Å². The molecule has 0 spiro atoms. The average molecular weight is 210 g/mol. The largest absolute Gasteiger partial charge is 0.367 e. The summed E-state index contributed by atoms with van der Waals surface area (Å²) in [6.07, 6.45) is 0.307. The van der Waals surface area contributed by atoms with Gasteiger partial charge in [-0.1, -0.05) is 22.9 Å². The van der Waals surface area contributed by atoms with Crippen LogP contribution in [0.3, 0.4) is 0 Å². The zero-order chi connectivity index (χ0) is 8.15. The van der Waals surface area contributed by atoms with Gasteiger partial charge in [0.25, 0.3) is 0 Å². The summed E-state index contributed by atoms with van der Waals surface area (Å²) in [5.74, 6) is -0.432. The molecule has 0 radical (unpaired) electrons. The van der Waals surface area contributed by atoms with Crippen molar-refractivity contribution in [1.29, 1.82) is 0 Å². The third-order valence-electron chi connectivity index (χ3n) is 1.07. The highest BCUT2D eigenvalue weighted by Gasteiger charge is 2.12. The van der Waals surface area contributed by atoms with Crippen LogP contribution in [0.1, 0.15) is 20.3 Å². The summed E-state index contributed by atoms with van der Waals surface area (Å²) in [4.78, 5) is 10.4. The normalized spacial score (nSPS) is 16.3. The Labute approximate surface area is 69.0 Å². The molecule has 0 aromatic rings. The number of alkyl halides is 1. The summed E-state index contributed by atoms with van der Waals surface area (Å²) >= 11 is 3.22. The molecule has 0 bridgehead atoms. The van der Waals surface area contributed by atoms with Crippen molar-refractivity contribution in [1.82, 2.24) is 0 Å². The predicted molar refractivity (Wildman–Crippen MR) is 42.7 cm³/mol. The second-order valence-corrected chi connectivity index (χ2v) is 3.02. The molecular weight excluding hydrogens is 198 g/mol. The van der Waals surface area contributed by atoms with Crippen LogP contribution in [0.4, 0.5) is 0 Å². The van der Waals surface area contributed by atoms with E-state index in [0.29, 0.717) is 0 Å². The minimum Gasteiger partial charge on any atom is -0.367 e. The first-order valence-corrected chi connectivity index (χ1v) is 4.08. The molecule has 0 heterocycles. The molecule has 0 saturated carbocycles. The maximum Gasteiger partial charge on any atom is 0.246 e. The minimum atomic E-state index is -0.510. The number of halogens is 1. The Hall–Kier alpha value is -0.0900. The summed E-state index contributed by atoms with van der Waals surface area (Å²) in [6, 6.07) is 0. The van der Waals surface area contributed by atoms with Crippen LogP contribution >= 0.6 is 15.9 Å². The van der Waals surface area contributed by atoms with Crippen molar-refractivity contribution < 1.29 is 9.53 Å². The van der Waals surface area contributed by atoms with Gasteiger partial charge < -0.3 is 10.5 Å². The van der Waals surface area contributed by atoms with Gasteiger partial charge in [-0.05, 0) is 13.3 Å². The molecule has 2 atom stereocenters. The fourth-order valence-corrected chi connectivity index (χ4v) is 0.709. The van der Waals surface area contributed by atoms with Gasteiger partial charge in [0.2, 0.25) is 5.91 Å². The standard InChI is InChI=1S/C6H12BrNO2/c1-3-5(7)10-4(2)6(8)9/h4-5H,3H2,1-2H3,(H2,8,9). The van der Waals surface area contributed by atoms with Gasteiger partial charge in [-0.25, -0.2) is 0 Å². The molecule has 0 saturated heterocycles. The molecule has 0 fully saturated rings. The van der Waals surface area contributed by atoms with Crippen LogP contribution in [0, 0.1) is 0 Å². The third-order valence-corrected chi connectivity index (χ3v) is 1.94. The van der Waals surface area contributed by atoms with E-state index < -0.39 is 12.0 Å². The Balaban J connectivity index is 3.56. The lowest BCUT2D eigenvalue weighted by Gasteiger charge is -2.12. The fraction of sp³-hybridized carbons (Fsp3) is 0.833. The summed E-state index contributed by atoms with van der Waals surface area (Å²) in [6.45, 7) is 3.58. The summed E-state index contributed by atoms with van der Waals surface area (Å²) in [5, 5.41) is -0.0741. The number of carbonyl (C=O) groups excluding carboxylic acids is 1. The molecule has 2 unspecified atom stereocenters. The Morgan fingerprint density at radius 3 is 2.60 bits per heavy atom. The Kier molecular flexibility index (Phi) is 4.64. The van der Waals surface area contributed by atoms with E-state index >= 15 is 0 Å². The maximum atomic E-state index is 10.4. The van der Waals surface area contributed by atoms with Gasteiger partial charge in [0.1, 0.15) is 11.1 Å². The van der Waals surface area contributed by atoms with E-state index in [2.05, 4.69) is 15.9 Å². The zero-order valence-electron chi connectivity index (χ0n) is 6.13. The lowest BCUT2D eigenvalue weighted by Crippen LogP contribution is -2.30. The van der Waals surface area contributed by atoms with Crippen LogP contribution in [0.5, 0.6) is 0 Å². The highest BCUT2D eigenvalue weighted by Crippen LogP contribution is 2.08. The van der Waals surface area contributed by atoms with Crippen LogP contribution in [0.15, 0.2) is 0 Å². The SMILES string of the molecule is CCC(Br)OC(C)C(N)=O. The summed E-state index contributed by atoms with van der Waals surface area (Å²) in [5.41, 5.74) is 4.95. The predicted octanol–water partition coefficient (Wildman–Crippen LogP) is 1.01. The second-order valence-electron chi connectivity index (χ2n) is 2.00. The number of hydrogen-bond acceptors (Lipinski definition) is 2. The third kappa shape index (κ3) is 3.85. The number of carbonyl (C=O) groups is 1. The molecule has 2 N–H and O–H groups in total.